The SMILES string of the molecule is N[C@@H](CC1CC1)c1c(Br)ccc(C(=O)O)c1O. The Labute approximate surface area is 108 Å². The van der Waals surface area contributed by atoms with Gasteiger partial charge >= 0.3 is 5.97 Å². The molecule has 1 atom stereocenters. The summed E-state index contributed by atoms with van der Waals surface area (Å²) in [4.78, 5) is 10.9. The molecular formula is C12H14BrNO3. The number of carbonyl (C=O) groups is 1. The zero-order valence-corrected chi connectivity index (χ0v) is 10.8. The summed E-state index contributed by atoms with van der Waals surface area (Å²) in [5.74, 6) is -0.750. The Morgan fingerprint density at radius 1 is 1.53 bits per heavy atom. The van der Waals surface area contributed by atoms with Gasteiger partial charge in [-0.05, 0) is 24.5 Å². The third-order valence-electron chi connectivity index (χ3n) is 3.05. The van der Waals surface area contributed by atoms with E-state index in [1.165, 1.54) is 18.9 Å². The topological polar surface area (TPSA) is 83.6 Å². The molecule has 0 spiro atoms. The number of aromatic carboxylic acids is 1. The van der Waals surface area contributed by atoms with Crippen LogP contribution < -0.4 is 5.73 Å². The fourth-order valence-corrected chi connectivity index (χ4v) is 2.55. The van der Waals surface area contributed by atoms with E-state index in [1.54, 1.807) is 6.07 Å². The van der Waals surface area contributed by atoms with Gasteiger partial charge < -0.3 is 15.9 Å². The van der Waals surface area contributed by atoms with Crippen molar-refractivity contribution in [3.8, 4) is 5.75 Å². The van der Waals surface area contributed by atoms with Gasteiger partial charge in [0.2, 0.25) is 0 Å². The molecule has 1 saturated carbocycles. The van der Waals surface area contributed by atoms with E-state index in [2.05, 4.69) is 15.9 Å². The van der Waals surface area contributed by atoms with Gasteiger partial charge in [0.05, 0.1) is 0 Å². The fourth-order valence-electron chi connectivity index (χ4n) is 1.94. The standard InChI is InChI=1S/C12H14BrNO3/c13-8-4-3-7(12(16)17)11(15)10(8)9(14)5-6-1-2-6/h3-4,6,9,15H,1-2,5,14H2,(H,16,17)/t9-/m0/s1. The van der Waals surface area contributed by atoms with Crippen molar-refractivity contribution in [2.75, 3.05) is 0 Å². The molecular weight excluding hydrogens is 286 g/mol. The first-order valence-electron chi connectivity index (χ1n) is 5.51. The number of carboxylic acid groups (broad SMARTS) is 1. The molecule has 1 aromatic rings. The van der Waals surface area contributed by atoms with Crippen LogP contribution in [0.15, 0.2) is 16.6 Å². The van der Waals surface area contributed by atoms with Crippen LogP contribution >= 0.6 is 15.9 Å². The predicted octanol–water partition coefficient (Wildman–Crippen LogP) is 2.65. The number of nitrogens with two attached hydrogens (primary N) is 1. The quantitative estimate of drug-likeness (QED) is 0.798. The Hall–Kier alpha value is -1.07. The third kappa shape index (κ3) is 2.61. The van der Waals surface area contributed by atoms with Gasteiger partial charge in [0.1, 0.15) is 11.3 Å². The maximum absolute atomic E-state index is 10.9. The number of phenols is 1. The highest BCUT2D eigenvalue weighted by Gasteiger charge is 2.28. The molecule has 0 bridgehead atoms. The molecule has 0 saturated heterocycles. The lowest BCUT2D eigenvalue weighted by molar-refractivity contribution is 0.0693. The van der Waals surface area contributed by atoms with E-state index in [1.807, 2.05) is 0 Å². The van der Waals surface area contributed by atoms with Crippen LogP contribution in [0.5, 0.6) is 5.75 Å². The van der Waals surface area contributed by atoms with Gasteiger partial charge in [0, 0.05) is 16.1 Å². The van der Waals surface area contributed by atoms with Crippen LogP contribution in [0.4, 0.5) is 0 Å². The summed E-state index contributed by atoms with van der Waals surface area (Å²) in [5, 5.41) is 18.9. The molecule has 2 rings (SSSR count). The van der Waals surface area contributed by atoms with Crippen molar-refractivity contribution in [1.29, 1.82) is 0 Å². The number of hydrogen-bond donors (Lipinski definition) is 3. The molecule has 5 heteroatoms. The molecule has 1 aliphatic carbocycles. The molecule has 0 amide bonds. The molecule has 0 radical (unpaired) electrons. The van der Waals surface area contributed by atoms with Crippen molar-refractivity contribution in [3.05, 3.63) is 27.7 Å². The fraction of sp³-hybridized carbons (Fsp3) is 0.417. The van der Waals surface area contributed by atoms with Gasteiger partial charge in [0.25, 0.3) is 0 Å². The normalized spacial score (nSPS) is 16.8. The van der Waals surface area contributed by atoms with Crippen molar-refractivity contribution in [1.82, 2.24) is 0 Å². The van der Waals surface area contributed by atoms with Gasteiger partial charge in [-0.15, -0.1) is 0 Å². The molecule has 0 unspecified atom stereocenters. The molecule has 4 N–H and O–H groups in total. The second-order valence-electron chi connectivity index (χ2n) is 4.45. The molecule has 17 heavy (non-hydrogen) atoms. The Morgan fingerprint density at radius 3 is 2.71 bits per heavy atom. The lowest BCUT2D eigenvalue weighted by Crippen LogP contribution is -2.13. The zero-order valence-electron chi connectivity index (χ0n) is 9.19. The van der Waals surface area contributed by atoms with Crippen LogP contribution in [0.25, 0.3) is 0 Å². The van der Waals surface area contributed by atoms with Crippen LogP contribution in [-0.4, -0.2) is 16.2 Å². The lowest BCUT2D eigenvalue weighted by Gasteiger charge is -2.16. The van der Waals surface area contributed by atoms with Crippen LogP contribution in [0.3, 0.4) is 0 Å². The third-order valence-corrected chi connectivity index (χ3v) is 3.74. The van der Waals surface area contributed by atoms with Gasteiger partial charge in [-0.3, -0.25) is 0 Å². The summed E-state index contributed by atoms with van der Waals surface area (Å²) in [7, 11) is 0. The number of carboxylic acids is 1. The van der Waals surface area contributed by atoms with E-state index in [9.17, 15) is 9.90 Å². The molecule has 1 aromatic carbocycles. The predicted molar refractivity (Wildman–Crippen MR) is 67.0 cm³/mol. The minimum Gasteiger partial charge on any atom is -0.507 e. The van der Waals surface area contributed by atoms with E-state index >= 15 is 0 Å². The summed E-state index contributed by atoms with van der Waals surface area (Å²) in [5.41, 5.74) is 6.42. The summed E-state index contributed by atoms with van der Waals surface area (Å²) < 4.78 is 0.660. The number of hydrogen-bond acceptors (Lipinski definition) is 3. The van der Waals surface area contributed by atoms with Gasteiger partial charge in [-0.1, -0.05) is 28.8 Å². The van der Waals surface area contributed by atoms with Crippen molar-refractivity contribution in [3.63, 3.8) is 0 Å². The highest BCUT2D eigenvalue weighted by atomic mass is 79.9. The maximum Gasteiger partial charge on any atom is 0.339 e. The lowest BCUT2D eigenvalue weighted by atomic mass is 9.98. The molecule has 0 aliphatic heterocycles. The van der Waals surface area contributed by atoms with Gasteiger partial charge in [-0.25, -0.2) is 4.79 Å². The summed E-state index contributed by atoms with van der Waals surface area (Å²) >= 11 is 3.31. The van der Waals surface area contributed by atoms with Crippen molar-refractivity contribution >= 4 is 21.9 Å². The van der Waals surface area contributed by atoms with Crippen molar-refractivity contribution < 1.29 is 15.0 Å². The first-order chi connectivity index (χ1) is 8.00. The van der Waals surface area contributed by atoms with E-state index in [4.69, 9.17) is 10.8 Å². The minimum atomic E-state index is -1.14. The largest absolute Gasteiger partial charge is 0.507 e. The molecule has 92 valence electrons. The zero-order chi connectivity index (χ0) is 12.6. The average molecular weight is 300 g/mol. The van der Waals surface area contributed by atoms with Crippen LogP contribution in [0.1, 0.15) is 41.2 Å². The summed E-state index contributed by atoms with van der Waals surface area (Å²) in [6, 6.07) is 2.66. The van der Waals surface area contributed by atoms with Crippen molar-refractivity contribution in [2.45, 2.75) is 25.3 Å². The Bertz CT molecular complexity index is 457. The van der Waals surface area contributed by atoms with Crippen LogP contribution in [0, 0.1) is 5.92 Å². The van der Waals surface area contributed by atoms with E-state index < -0.39 is 5.97 Å². The molecule has 0 aromatic heterocycles. The summed E-state index contributed by atoms with van der Waals surface area (Å²) in [6.45, 7) is 0. The minimum absolute atomic E-state index is 0.102. The van der Waals surface area contributed by atoms with E-state index in [0.717, 1.165) is 6.42 Å². The highest BCUT2D eigenvalue weighted by molar-refractivity contribution is 9.10. The molecule has 4 nitrogen and oxygen atoms in total. The molecule has 1 aliphatic rings. The van der Waals surface area contributed by atoms with E-state index in [-0.39, 0.29) is 17.4 Å². The number of benzene rings is 1. The number of halogens is 1. The van der Waals surface area contributed by atoms with Crippen molar-refractivity contribution in [2.24, 2.45) is 11.7 Å². The van der Waals surface area contributed by atoms with Gasteiger partial charge in [-0.2, -0.15) is 0 Å². The smallest absolute Gasteiger partial charge is 0.339 e. The number of rotatable bonds is 4. The van der Waals surface area contributed by atoms with Crippen LogP contribution in [-0.2, 0) is 0 Å². The Kier molecular flexibility index (Phi) is 3.40. The first-order valence-corrected chi connectivity index (χ1v) is 6.30. The van der Waals surface area contributed by atoms with E-state index in [0.29, 0.717) is 16.0 Å². The summed E-state index contributed by atoms with van der Waals surface area (Å²) in [6.07, 6.45) is 3.13. The first kappa shape index (κ1) is 12.4. The second-order valence-corrected chi connectivity index (χ2v) is 5.30. The molecule has 0 heterocycles. The monoisotopic (exact) mass is 299 g/mol. The van der Waals surface area contributed by atoms with Crippen LogP contribution in [0.2, 0.25) is 0 Å². The second kappa shape index (κ2) is 4.66. The Morgan fingerprint density at radius 2 is 2.18 bits per heavy atom. The number of aromatic hydroxyl groups is 1. The average Bonchev–Trinajstić information content (AvgIpc) is 3.00. The van der Waals surface area contributed by atoms with Gasteiger partial charge in [0.15, 0.2) is 0 Å². The highest BCUT2D eigenvalue weighted by Crippen LogP contribution is 2.41. The Balaban J connectivity index is 2.35. The molecule has 1 fully saturated rings. The maximum atomic E-state index is 10.9.